The SMILES string of the molecule is CN(C)c1ccc(CN(Cc2ccccc2)C(=O)c2ccccc2F)cc1. The zero-order valence-electron chi connectivity index (χ0n) is 15.6. The molecule has 3 aromatic rings. The van der Waals surface area contributed by atoms with Crippen LogP contribution in [0.25, 0.3) is 0 Å². The van der Waals surface area contributed by atoms with E-state index in [4.69, 9.17) is 0 Å². The summed E-state index contributed by atoms with van der Waals surface area (Å²) in [7, 11) is 3.97. The Labute approximate surface area is 159 Å². The molecule has 0 saturated carbocycles. The first-order valence-electron chi connectivity index (χ1n) is 8.88. The van der Waals surface area contributed by atoms with E-state index in [1.54, 1.807) is 17.0 Å². The number of nitrogens with zero attached hydrogens (tertiary/aromatic N) is 2. The van der Waals surface area contributed by atoms with Gasteiger partial charge < -0.3 is 9.80 Å². The number of carbonyl (C=O) groups excluding carboxylic acids is 1. The summed E-state index contributed by atoms with van der Waals surface area (Å²) in [5.41, 5.74) is 3.19. The summed E-state index contributed by atoms with van der Waals surface area (Å²) in [4.78, 5) is 16.7. The summed E-state index contributed by atoms with van der Waals surface area (Å²) >= 11 is 0. The highest BCUT2D eigenvalue weighted by Gasteiger charge is 2.19. The zero-order chi connectivity index (χ0) is 19.2. The molecule has 4 heteroatoms. The molecule has 3 aromatic carbocycles. The van der Waals surface area contributed by atoms with Gasteiger partial charge in [-0.2, -0.15) is 0 Å². The maximum Gasteiger partial charge on any atom is 0.257 e. The van der Waals surface area contributed by atoms with Gasteiger partial charge in [-0.15, -0.1) is 0 Å². The summed E-state index contributed by atoms with van der Waals surface area (Å²) in [6, 6.07) is 23.9. The number of benzene rings is 3. The molecule has 3 rings (SSSR count). The number of amides is 1. The molecule has 138 valence electrons. The van der Waals surface area contributed by atoms with Crippen LogP contribution in [-0.2, 0) is 13.1 Å². The Balaban J connectivity index is 1.87. The van der Waals surface area contributed by atoms with Gasteiger partial charge in [0.2, 0.25) is 0 Å². The first kappa shape index (κ1) is 18.6. The first-order chi connectivity index (χ1) is 13.0. The minimum Gasteiger partial charge on any atom is -0.378 e. The summed E-state index contributed by atoms with van der Waals surface area (Å²) in [6.45, 7) is 0.833. The maximum absolute atomic E-state index is 14.2. The molecule has 0 aliphatic heterocycles. The number of halogens is 1. The molecule has 0 atom stereocenters. The average Bonchev–Trinajstić information content (AvgIpc) is 2.68. The van der Waals surface area contributed by atoms with Crippen molar-refractivity contribution in [1.82, 2.24) is 4.90 Å². The van der Waals surface area contributed by atoms with Crippen molar-refractivity contribution in [3.8, 4) is 0 Å². The molecule has 1 amide bonds. The largest absolute Gasteiger partial charge is 0.378 e. The fourth-order valence-corrected chi connectivity index (χ4v) is 2.93. The van der Waals surface area contributed by atoms with E-state index in [1.807, 2.05) is 73.6 Å². The van der Waals surface area contributed by atoms with Gasteiger partial charge in [-0.1, -0.05) is 54.6 Å². The maximum atomic E-state index is 14.2. The average molecular weight is 362 g/mol. The van der Waals surface area contributed by atoms with Crippen LogP contribution >= 0.6 is 0 Å². The fraction of sp³-hybridized carbons (Fsp3) is 0.174. The highest BCUT2D eigenvalue weighted by molar-refractivity contribution is 5.94. The van der Waals surface area contributed by atoms with Gasteiger partial charge in [-0.3, -0.25) is 4.79 Å². The van der Waals surface area contributed by atoms with Crippen molar-refractivity contribution in [2.75, 3.05) is 19.0 Å². The van der Waals surface area contributed by atoms with E-state index in [2.05, 4.69) is 0 Å². The van der Waals surface area contributed by atoms with Crippen molar-refractivity contribution in [2.45, 2.75) is 13.1 Å². The van der Waals surface area contributed by atoms with Crippen molar-refractivity contribution < 1.29 is 9.18 Å². The van der Waals surface area contributed by atoms with Crippen LogP contribution < -0.4 is 4.90 Å². The lowest BCUT2D eigenvalue weighted by Crippen LogP contribution is -2.30. The Kier molecular flexibility index (Phi) is 5.87. The summed E-state index contributed by atoms with van der Waals surface area (Å²) in [5, 5.41) is 0. The number of hydrogen-bond donors (Lipinski definition) is 0. The van der Waals surface area contributed by atoms with E-state index in [1.165, 1.54) is 12.1 Å². The molecule has 0 aliphatic carbocycles. The highest BCUT2D eigenvalue weighted by atomic mass is 19.1. The summed E-state index contributed by atoms with van der Waals surface area (Å²) in [5.74, 6) is -0.808. The molecule has 27 heavy (non-hydrogen) atoms. The standard InChI is InChI=1S/C23H23FN2O/c1-25(2)20-14-12-19(13-15-20)17-26(16-18-8-4-3-5-9-18)23(27)21-10-6-7-11-22(21)24/h3-15H,16-17H2,1-2H3. The van der Waals surface area contributed by atoms with Crippen molar-refractivity contribution in [3.63, 3.8) is 0 Å². The van der Waals surface area contributed by atoms with Crippen LogP contribution in [0.1, 0.15) is 21.5 Å². The van der Waals surface area contributed by atoms with Crippen LogP contribution in [-0.4, -0.2) is 24.9 Å². The van der Waals surface area contributed by atoms with Gasteiger partial charge in [0.1, 0.15) is 5.82 Å². The Morgan fingerprint density at radius 3 is 1.93 bits per heavy atom. The normalized spacial score (nSPS) is 10.5. The molecule has 0 heterocycles. The molecular formula is C23H23FN2O. The lowest BCUT2D eigenvalue weighted by atomic mass is 10.1. The second-order valence-corrected chi connectivity index (χ2v) is 6.69. The molecule has 0 bridgehead atoms. The smallest absolute Gasteiger partial charge is 0.257 e. The van der Waals surface area contributed by atoms with Crippen LogP contribution in [0.2, 0.25) is 0 Å². The molecule has 0 saturated heterocycles. The van der Waals surface area contributed by atoms with Crippen LogP contribution in [0.15, 0.2) is 78.9 Å². The van der Waals surface area contributed by atoms with E-state index in [0.29, 0.717) is 13.1 Å². The lowest BCUT2D eigenvalue weighted by Gasteiger charge is -2.24. The van der Waals surface area contributed by atoms with Crippen LogP contribution in [0.3, 0.4) is 0 Å². The van der Waals surface area contributed by atoms with E-state index in [9.17, 15) is 9.18 Å². The van der Waals surface area contributed by atoms with E-state index >= 15 is 0 Å². The molecular weight excluding hydrogens is 339 g/mol. The minimum absolute atomic E-state index is 0.0957. The third-order valence-corrected chi connectivity index (χ3v) is 4.43. The van der Waals surface area contributed by atoms with Gasteiger partial charge >= 0.3 is 0 Å². The quantitative estimate of drug-likeness (QED) is 0.633. The fourth-order valence-electron chi connectivity index (χ4n) is 2.93. The van der Waals surface area contributed by atoms with Crippen molar-refractivity contribution in [1.29, 1.82) is 0 Å². The van der Waals surface area contributed by atoms with E-state index < -0.39 is 5.82 Å². The van der Waals surface area contributed by atoms with Crippen LogP contribution in [0.4, 0.5) is 10.1 Å². The van der Waals surface area contributed by atoms with Crippen molar-refractivity contribution >= 4 is 11.6 Å². The second kappa shape index (κ2) is 8.49. The number of rotatable bonds is 6. The van der Waals surface area contributed by atoms with Crippen LogP contribution in [0, 0.1) is 5.82 Å². The second-order valence-electron chi connectivity index (χ2n) is 6.69. The molecule has 0 aliphatic rings. The Hall–Kier alpha value is -3.14. The predicted molar refractivity (Wildman–Crippen MR) is 107 cm³/mol. The van der Waals surface area contributed by atoms with E-state index in [-0.39, 0.29) is 11.5 Å². The third-order valence-electron chi connectivity index (χ3n) is 4.43. The van der Waals surface area contributed by atoms with Gasteiger partial charge in [0.25, 0.3) is 5.91 Å². The van der Waals surface area contributed by atoms with Gasteiger partial charge in [0.15, 0.2) is 0 Å². The lowest BCUT2D eigenvalue weighted by molar-refractivity contribution is 0.0725. The van der Waals surface area contributed by atoms with Gasteiger partial charge in [0.05, 0.1) is 5.56 Å². The monoisotopic (exact) mass is 362 g/mol. The number of carbonyl (C=O) groups is 1. The van der Waals surface area contributed by atoms with Gasteiger partial charge in [0, 0.05) is 32.9 Å². The molecule has 0 radical (unpaired) electrons. The molecule has 0 N–H and O–H groups in total. The Morgan fingerprint density at radius 1 is 0.778 bits per heavy atom. The molecule has 3 nitrogen and oxygen atoms in total. The summed E-state index contributed by atoms with van der Waals surface area (Å²) in [6.07, 6.45) is 0. The first-order valence-corrected chi connectivity index (χ1v) is 8.88. The van der Waals surface area contributed by atoms with Crippen molar-refractivity contribution in [2.24, 2.45) is 0 Å². The summed E-state index contributed by atoms with van der Waals surface area (Å²) < 4.78 is 14.2. The zero-order valence-corrected chi connectivity index (χ0v) is 15.6. The number of hydrogen-bond acceptors (Lipinski definition) is 2. The minimum atomic E-state index is -0.497. The van der Waals surface area contributed by atoms with E-state index in [0.717, 1.165) is 16.8 Å². The Morgan fingerprint density at radius 2 is 1.33 bits per heavy atom. The van der Waals surface area contributed by atoms with Crippen LogP contribution in [0.5, 0.6) is 0 Å². The van der Waals surface area contributed by atoms with Gasteiger partial charge in [-0.05, 0) is 35.4 Å². The molecule has 0 fully saturated rings. The predicted octanol–water partition coefficient (Wildman–Crippen LogP) is 4.73. The third kappa shape index (κ3) is 4.73. The molecule has 0 spiro atoms. The molecule has 0 unspecified atom stereocenters. The number of anilines is 1. The van der Waals surface area contributed by atoms with Gasteiger partial charge in [-0.25, -0.2) is 4.39 Å². The highest BCUT2D eigenvalue weighted by Crippen LogP contribution is 2.18. The molecule has 0 aromatic heterocycles. The van der Waals surface area contributed by atoms with Crippen molar-refractivity contribution in [3.05, 3.63) is 101 Å². The topological polar surface area (TPSA) is 23.6 Å². The Bertz CT molecular complexity index is 892.